The summed E-state index contributed by atoms with van der Waals surface area (Å²) < 4.78 is 5.43. The van der Waals surface area contributed by atoms with Crippen LogP contribution >= 0.6 is 0 Å². The van der Waals surface area contributed by atoms with Crippen molar-refractivity contribution in [3.8, 4) is 0 Å². The van der Waals surface area contributed by atoms with E-state index in [0.717, 1.165) is 30.0 Å². The van der Waals surface area contributed by atoms with Crippen molar-refractivity contribution in [2.45, 2.75) is 19.9 Å². The molecule has 0 aliphatic carbocycles. The first-order valence-corrected chi connectivity index (χ1v) is 9.60. The average Bonchev–Trinajstić information content (AvgIpc) is 2.73. The number of anilines is 2. The van der Waals surface area contributed by atoms with Crippen LogP contribution in [0.2, 0.25) is 0 Å². The molecule has 2 aromatic carbocycles. The molecule has 1 unspecified atom stereocenters. The van der Waals surface area contributed by atoms with Gasteiger partial charge in [0.25, 0.3) is 0 Å². The summed E-state index contributed by atoms with van der Waals surface area (Å²) in [6, 6.07) is 17.4. The fraction of sp³-hybridized carbons (Fsp3) is 0.364. The third-order valence-corrected chi connectivity index (χ3v) is 4.88. The van der Waals surface area contributed by atoms with E-state index in [1.54, 1.807) is 0 Å². The molecule has 1 aliphatic heterocycles. The minimum Gasteiger partial charge on any atom is -0.378 e. The van der Waals surface area contributed by atoms with Crippen LogP contribution in [-0.4, -0.2) is 44.7 Å². The molecule has 0 aromatic heterocycles. The zero-order valence-electron chi connectivity index (χ0n) is 16.4. The van der Waals surface area contributed by atoms with Gasteiger partial charge in [0.15, 0.2) is 0 Å². The van der Waals surface area contributed by atoms with Crippen LogP contribution in [0, 0.1) is 0 Å². The molecular formula is C22H27N3O3. The maximum atomic E-state index is 12.7. The van der Waals surface area contributed by atoms with Crippen LogP contribution in [0.1, 0.15) is 25.5 Å². The number of morpholine rings is 1. The fourth-order valence-electron chi connectivity index (χ4n) is 3.39. The van der Waals surface area contributed by atoms with Gasteiger partial charge >= 0.3 is 0 Å². The van der Waals surface area contributed by atoms with Gasteiger partial charge in [-0.15, -0.1) is 0 Å². The first-order chi connectivity index (χ1) is 13.6. The minimum atomic E-state index is -0.191. The number of amides is 2. The SMILES string of the molecule is CC(=O)N(CC(=O)NC(C)c1ccccc1)c1ccccc1N1CCOCC1. The maximum Gasteiger partial charge on any atom is 0.240 e. The Morgan fingerprint density at radius 1 is 1.07 bits per heavy atom. The molecule has 0 radical (unpaired) electrons. The third kappa shape index (κ3) is 4.89. The molecular weight excluding hydrogens is 354 g/mol. The second-order valence-corrected chi connectivity index (χ2v) is 6.89. The number of ether oxygens (including phenoxy) is 1. The zero-order valence-corrected chi connectivity index (χ0v) is 16.4. The number of hydrogen-bond donors (Lipinski definition) is 1. The normalized spacial score (nSPS) is 15.0. The van der Waals surface area contributed by atoms with E-state index in [9.17, 15) is 9.59 Å². The Morgan fingerprint density at radius 2 is 1.71 bits per heavy atom. The van der Waals surface area contributed by atoms with Crippen molar-refractivity contribution in [1.29, 1.82) is 0 Å². The van der Waals surface area contributed by atoms with Gasteiger partial charge in [-0.25, -0.2) is 0 Å². The van der Waals surface area contributed by atoms with Crippen LogP contribution in [0.15, 0.2) is 54.6 Å². The number of hydrogen-bond acceptors (Lipinski definition) is 4. The Hall–Kier alpha value is -2.86. The number of nitrogens with one attached hydrogen (secondary N) is 1. The second kappa shape index (κ2) is 9.37. The van der Waals surface area contributed by atoms with Crippen molar-refractivity contribution in [2.24, 2.45) is 0 Å². The Morgan fingerprint density at radius 3 is 2.39 bits per heavy atom. The first-order valence-electron chi connectivity index (χ1n) is 9.60. The first kappa shape index (κ1) is 19.9. The molecule has 0 saturated carbocycles. The lowest BCUT2D eigenvalue weighted by Gasteiger charge is -2.33. The largest absolute Gasteiger partial charge is 0.378 e. The Labute approximate surface area is 166 Å². The summed E-state index contributed by atoms with van der Waals surface area (Å²) >= 11 is 0. The van der Waals surface area contributed by atoms with Crippen molar-refractivity contribution in [3.63, 3.8) is 0 Å². The Kier molecular flexibility index (Phi) is 6.66. The van der Waals surface area contributed by atoms with Crippen molar-refractivity contribution in [2.75, 3.05) is 42.6 Å². The molecule has 0 spiro atoms. The average molecular weight is 381 g/mol. The molecule has 28 heavy (non-hydrogen) atoms. The van der Waals surface area contributed by atoms with E-state index in [1.807, 2.05) is 61.5 Å². The lowest BCUT2D eigenvalue weighted by atomic mass is 10.1. The van der Waals surface area contributed by atoms with Gasteiger partial charge in [-0.1, -0.05) is 42.5 Å². The quantitative estimate of drug-likeness (QED) is 0.836. The number of carbonyl (C=O) groups is 2. The predicted molar refractivity (Wildman–Crippen MR) is 111 cm³/mol. The summed E-state index contributed by atoms with van der Waals surface area (Å²) in [4.78, 5) is 28.8. The molecule has 1 aliphatic rings. The van der Waals surface area contributed by atoms with Crippen LogP contribution in [0.25, 0.3) is 0 Å². The van der Waals surface area contributed by atoms with E-state index in [4.69, 9.17) is 4.74 Å². The molecule has 2 aromatic rings. The number of benzene rings is 2. The van der Waals surface area contributed by atoms with Gasteiger partial charge in [-0.3, -0.25) is 9.59 Å². The number of para-hydroxylation sites is 2. The standard InChI is InChI=1S/C22H27N3O3/c1-17(19-8-4-3-5-9-19)23-22(27)16-25(18(2)26)21-11-7-6-10-20(21)24-12-14-28-15-13-24/h3-11,17H,12-16H2,1-2H3,(H,23,27). The van der Waals surface area contributed by atoms with E-state index >= 15 is 0 Å². The zero-order chi connectivity index (χ0) is 19.9. The highest BCUT2D eigenvalue weighted by Crippen LogP contribution is 2.30. The van der Waals surface area contributed by atoms with E-state index in [-0.39, 0.29) is 24.4 Å². The van der Waals surface area contributed by atoms with Gasteiger partial charge in [0.2, 0.25) is 11.8 Å². The van der Waals surface area contributed by atoms with Gasteiger partial charge < -0.3 is 19.9 Å². The van der Waals surface area contributed by atoms with Crippen LogP contribution in [0.4, 0.5) is 11.4 Å². The number of nitrogens with zero attached hydrogens (tertiary/aromatic N) is 2. The van der Waals surface area contributed by atoms with E-state index < -0.39 is 0 Å². The smallest absolute Gasteiger partial charge is 0.240 e. The van der Waals surface area contributed by atoms with Gasteiger partial charge in [0, 0.05) is 20.0 Å². The van der Waals surface area contributed by atoms with E-state index in [2.05, 4.69) is 10.2 Å². The van der Waals surface area contributed by atoms with Gasteiger partial charge in [0.1, 0.15) is 6.54 Å². The summed E-state index contributed by atoms with van der Waals surface area (Å²) in [6.07, 6.45) is 0. The summed E-state index contributed by atoms with van der Waals surface area (Å²) in [5.74, 6) is -0.355. The molecule has 6 heteroatoms. The highest BCUT2D eigenvalue weighted by atomic mass is 16.5. The highest BCUT2D eigenvalue weighted by Gasteiger charge is 2.23. The summed E-state index contributed by atoms with van der Waals surface area (Å²) in [6.45, 7) is 6.25. The van der Waals surface area contributed by atoms with Crippen LogP contribution in [-0.2, 0) is 14.3 Å². The molecule has 2 amide bonds. The predicted octanol–water partition coefficient (Wildman–Crippen LogP) is 2.75. The van der Waals surface area contributed by atoms with Crippen molar-refractivity contribution >= 4 is 23.2 Å². The molecule has 1 atom stereocenters. The van der Waals surface area contributed by atoms with Gasteiger partial charge in [0.05, 0.1) is 30.6 Å². The van der Waals surface area contributed by atoms with Crippen molar-refractivity contribution in [1.82, 2.24) is 5.32 Å². The molecule has 1 saturated heterocycles. The second-order valence-electron chi connectivity index (χ2n) is 6.89. The van der Waals surface area contributed by atoms with Crippen LogP contribution in [0.5, 0.6) is 0 Å². The molecule has 3 rings (SSSR count). The highest BCUT2D eigenvalue weighted by molar-refractivity contribution is 6.00. The third-order valence-electron chi connectivity index (χ3n) is 4.88. The summed E-state index contributed by atoms with van der Waals surface area (Å²) in [7, 11) is 0. The number of carbonyl (C=O) groups excluding carboxylic acids is 2. The summed E-state index contributed by atoms with van der Waals surface area (Å²) in [5, 5.41) is 2.98. The summed E-state index contributed by atoms with van der Waals surface area (Å²) in [5.41, 5.74) is 2.73. The molecule has 148 valence electrons. The molecule has 1 fully saturated rings. The van der Waals surface area contributed by atoms with Crippen molar-refractivity contribution < 1.29 is 14.3 Å². The lowest BCUT2D eigenvalue weighted by molar-refractivity contribution is -0.123. The lowest BCUT2D eigenvalue weighted by Crippen LogP contribution is -2.42. The molecule has 1 N–H and O–H groups in total. The van der Waals surface area contributed by atoms with Crippen molar-refractivity contribution in [3.05, 3.63) is 60.2 Å². The Bertz CT molecular complexity index is 804. The monoisotopic (exact) mass is 381 g/mol. The topological polar surface area (TPSA) is 61.9 Å². The van der Waals surface area contributed by atoms with Crippen LogP contribution < -0.4 is 15.1 Å². The number of rotatable bonds is 6. The van der Waals surface area contributed by atoms with E-state index in [1.165, 1.54) is 11.8 Å². The van der Waals surface area contributed by atoms with Gasteiger partial charge in [-0.2, -0.15) is 0 Å². The Balaban J connectivity index is 1.75. The van der Waals surface area contributed by atoms with Crippen LogP contribution in [0.3, 0.4) is 0 Å². The fourth-order valence-corrected chi connectivity index (χ4v) is 3.39. The molecule has 0 bridgehead atoms. The molecule has 6 nitrogen and oxygen atoms in total. The minimum absolute atomic E-state index is 0.0200. The maximum absolute atomic E-state index is 12.7. The van der Waals surface area contributed by atoms with E-state index in [0.29, 0.717) is 13.2 Å². The molecule has 1 heterocycles. The van der Waals surface area contributed by atoms with Gasteiger partial charge in [-0.05, 0) is 24.6 Å².